The van der Waals surface area contributed by atoms with Gasteiger partial charge in [0, 0.05) is 12.3 Å². The third kappa shape index (κ3) is 0.561. The predicted octanol–water partition coefficient (Wildman–Crippen LogP) is 1.65. The van der Waals surface area contributed by atoms with Gasteiger partial charge >= 0.3 is 0 Å². The molecule has 1 aromatic heterocycles. The van der Waals surface area contributed by atoms with Crippen molar-refractivity contribution in [2.45, 2.75) is 13.3 Å². The Balaban J connectivity index is 2.53. The molecule has 0 aromatic carbocycles. The maximum Gasteiger partial charge on any atom is 0.169 e. The van der Waals surface area contributed by atoms with Crippen LogP contribution in [0, 0.1) is 5.92 Å². The first kappa shape index (κ1) is 5.71. The fourth-order valence-corrected chi connectivity index (χ4v) is 1.35. The van der Waals surface area contributed by atoms with Crippen molar-refractivity contribution < 1.29 is 9.21 Å². The second-order valence-electron chi connectivity index (χ2n) is 2.73. The maximum atomic E-state index is 11.2. The van der Waals surface area contributed by atoms with E-state index in [0.717, 1.165) is 17.7 Å². The first-order chi connectivity index (χ1) is 4.79. The van der Waals surface area contributed by atoms with Gasteiger partial charge in [-0.2, -0.15) is 0 Å². The van der Waals surface area contributed by atoms with Crippen LogP contribution in [0.4, 0.5) is 0 Å². The predicted molar refractivity (Wildman–Crippen MR) is 35.9 cm³/mol. The Bertz CT molecular complexity index is 273. The Morgan fingerprint density at radius 1 is 1.70 bits per heavy atom. The topological polar surface area (TPSA) is 30.2 Å². The number of Topliss-reactive ketones (excluding diaryl/α,β-unsaturated/α-hetero) is 1. The molecule has 2 nitrogen and oxygen atoms in total. The fourth-order valence-electron chi connectivity index (χ4n) is 1.35. The van der Waals surface area contributed by atoms with Crippen LogP contribution in [0.15, 0.2) is 16.7 Å². The molecule has 0 bridgehead atoms. The van der Waals surface area contributed by atoms with Crippen LogP contribution in [0.2, 0.25) is 0 Å². The van der Waals surface area contributed by atoms with Crippen molar-refractivity contribution in [3.63, 3.8) is 0 Å². The quantitative estimate of drug-likeness (QED) is 0.542. The molecule has 2 heteroatoms. The zero-order chi connectivity index (χ0) is 7.14. The van der Waals surface area contributed by atoms with Gasteiger partial charge in [0.2, 0.25) is 0 Å². The molecule has 1 unspecified atom stereocenters. The lowest BCUT2D eigenvalue weighted by molar-refractivity contribution is 0.0946. The van der Waals surface area contributed by atoms with Gasteiger partial charge in [-0.05, 0) is 6.07 Å². The third-order valence-electron chi connectivity index (χ3n) is 1.95. The molecule has 0 amide bonds. The standard InChI is InChI=1S/C8H8O2/c1-5-4-7-6(8(5)9)2-3-10-7/h2-3,5H,4H2,1H3. The molecule has 0 radical (unpaired) electrons. The van der Waals surface area contributed by atoms with Gasteiger partial charge in [-0.1, -0.05) is 6.92 Å². The maximum absolute atomic E-state index is 11.2. The molecule has 1 aliphatic rings. The van der Waals surface area contributed by atoms with E-state index in [2.05, 4.69) is 0 Å². The minimum Gasteiger partial charge on any atom is -0.469 e. The second-order valence-corrected chi connectivity index (χ2v) is 2.73. The Morgan fingerprint density at radius 2 is 2.50 bits per heavy atom. The molecule has 10 heavy (non-hydrogen) atoms. The number of hydrogen-bond donors (Lipinski definition) is 0. The monoisotopic (exact) mass is 136 g/mol. The van der Waals surface area contributed by atoms with E-state index in [1.807, 2.05) is 6.92 Å². The number of ketones is 1. The van der Waals surface area contributed by atoms with Gasteiger partial charge in [0.1, 0.15) is 5.76 Å². The van der Waals surface area contributed by atoms with Crippen LogP contribution >= 0.6 is 0 Å². The van der Waals surface area contributed by atoms with Crippen LogP contribution in [0.5, 0.6) is 0 Å². The lowest BCUT2D eigenvalue weighted by atomic mass is 10.1. The molecule has 0 saturated heterocycles. The average Bonchev–Trinajstić information content (AvgIpc) is 2.41. The summed E-state index contributed by atoms with van der Waals surface area (Å²) >= 11 is 0. The smallest absolute Gasteiger partial charge is 0.169 e. The number of fused-ring (bicyclic) bond motifs is 1. The van der Waals surface area contributed by atoms with E-state index in [-0.39, 0.29) is 11.7 Å². The van der Waals surface area contributed by atoms with E-state index < -0.39 is 0 Å². The van der Waals surface area contributed by atoms with Crippen LogP contribution in [0.1, 0.15) is 23.0 Å². The van der Waals surface area contributed by atoms with Crippen molar-refractivity contribution in [2.24, 2.45) is 5.92 Å². The summed E-state index contributed by atoms with van der Waals surface area (Å²) in [5.41, 5.74) is 0.785. The van der Waals surface area contributed by atoms with Crippen molar-refractivity contribution in [3.05, 3.63) is 23.7 Å². The van der Waals surface area contributed by atoms with Crippen molar-refractivity contribution in [3.8, 4) is 0 Å². The molecular weight excluding hydrogens is 128 g/mol. The minimum absolute atomic E-state index is 0.134. The van der Waals surface area contributed by atoms with E-state index in [1.54, 1.807) is 12.3 Å². The number of hydrogen-bond acceptors (Lipinski definition) is 2. The number of furan rings is 1. The van der Waals surface area contributed by atoms with E-state index >= 15 is 0 Å². The van der Waals surface area contributed by atoms with Gasteiger partial charge in [-0.15, -0.1) is 0 Å². The Labute approximate surface area is 58.8 Å². The summed E-state index contributed by atoms with van der Waals surface area (Å²) in [5, 5.41) is 0. The minimum atomic E-state index is 0.134. The Hall–Kier alpha value is -1.05. The van der Waals surface area contributed by atoms with Gasteiger partial charge in [0.05, 0.1) is 11.8 Å². The van der Waals surface area contributed by atoms with Gasteiger partial charge in [-0.3, -0.25) is 4.79 Å². The first-order valence-corrected chi connectivity index (χ1v) is 3.39. The first-order valence-electron chi connectivity index (χ1n) is 3.39. The Morgan fingerprint density at radius 3 is 3.20 bits per heavy atom. The summed E-state index contributed by atoms with van der Waals surface area (Å²) < 4.78 is 5.10. The summed E-state index contributed by atoms with van der Waals surface area (Å²) in [4.78, 5) is 11.2. The number of carbonyl (C=O) groups excluding carboxylic acids is 1. The van der Waals surface area contributed by atoms with Crippen LogP contribution < -0.4 is 0 Å². The molecule has 2 rings (SSSR count). The second kappa shape index (κ2) is 1.72. The SMILES string of the molecule is CC1Cc2occc2C1=O. The van der Waals surface area contributed by atoms with Crippen LogP contribution in [-0.4, -0.2) is 5.78 Å². The lowest BCUT2D eigenvalue weighted by Crippen LogP contribution is -2.02. The van der Waals surface area contributed by atoms with Crippen molar-refractivity contribution >= 4 is 5.78 Å². The summed E-state index contributed by atoms with van der Waals surface area (Å²) in [5.74, 6) is 1.22. The van der Waals surface area contributed by atoms with E-state index in [9.17, 15) is 4.79 Å². The molecule has 1 heterocycles. The van der Waals surface area contributed by atoms with Crippen LogP contribution in [0.25, 0.3) is 0 Å². The molecule has 1 aromatic rings. The third-order valence-corrected chi connectivity index (χ3v) is 1.95. The van der Waals surface area contributed by atoms with E-state index in [1.165, 1.54) is 0 Å². The van der Waals surface area contributed by atoms with E-state index in [4.69, 9.17) is 4.42 Å². The van der Waals surface area contributed by atoms with Crippen molar-refractivity contribution in [2.75, 3.05) is 0 Å². The highest BCUT2D eigenvalue weighted by Crippen LogP contribution is 2.26. The van der Waals surface area contributed by atoms with Crippen molar-refractivity contribution in [1.82, 2.24) is 0 Å². The summed E-state index contributed by atoms with van der Waals surface area (Å²) in [6, 6.07) is 1.75. The molecule has 1 atom stereocenters. The average molecular weight is 136 g/mol. The van der Waals surface area contributed by atoms with Crippen molar-refractivity contribution in [1.29, 1.82) is 0 Å². The van der Waals surface area contributed by atoms with Gasteiger partial charge in [0.15, 0.2) is 5.78 Å². The molecule has 52 valence electrons. The largest absolute Gasteiger partial charge is 0.469 e. The Kier molecular flexibility index (Phi) is 0.982. The molecule has 1 aliphatic carbocycles. The van der Waals surface area contributed by atoms with Gasteiger partial charge in [-0.25, -0.2) is 0 Å². The molecule has 0 fully saturated rings. The fraction of sp³-hybridized carbons (Fsp3) is 0.375. The normalized spacial score (nSPS) is 23.3. The lowest BCUT2D eigenvalue weighted by Gasteiger charge is -1.93. The molecule has 0 N–H and O–H groups in total. The zero-order valence-corrected chi connectivity index (χ0v) is 5.76. The van der Waals surface area contributed by atoms with Crippen LogP contribution in [-0.2, 0) is 6.42 Å². The number of carbonyl (C=O) groups is 1. The highest BCUT2D eigenvalue weighted by Gasteiger charge is 2.28. The summed E-state index contributed by atoms with van der Waals surface area (Å²) in [6.45, 7) is 1.93. The van der Waals surface area contributed by atoms with E-state index in [0.29, 0.717) is 0 Å². The summed E-state index contributed by atoms with van der Waals surface area (Å²) in [7, 11) is 0. The highest BCUT2D eigenvalue weighted by atomic mass is 16.3. The molecular formula is C8H8O2. The highest BCUT2D eigenvalue weighted by molar-refractivity contribution is 6.01. The zero-order valence-electron chi connectivity index (χ0n) is 5.76. The molecule has 0 saturated carbocycles. The summed E-state index contributed by atoms with van der Waals surface area (Å²) in [6.07, 6.45) is 2.36. The molecule has 0 aliphatic heterocycles. The molecule has 0 spiro atoms. The van der Waals surface area contributed by atoms with Gasteiger partial charge < -0.3 is 4.42 Å². The van der Waals surface area contributed by atoms with Crippen LogP contribution in [0.3, 0.4) is 0 Å². The number of rotatable bonds is 0. The van der Waals surface area contributed by atoms with Gasteiger partial charge in [0.25, 0.3) is 0 Å².